The van der Waals surface area contributed by atoms with Crippen LogP contribution in [-0.2, 0) is 19.0 Å². The summed E-state index contributed by atoms with van der Waals surface area (Å²) in [6.45, 7) is 3.46. The summed E-state index contributed by atoms with van der Waals surface area (Å²) in [5.41, 5.74) is -0.533. The molecule has 9 heteroatoms. The predicted octanol–water partition coefficient (Wildman–Crippen LogP) is 0.582. The number of nitrogens with zero attached hydrogens (tertiary/aromatic N) is 1. The van der Waals surface area contributed by atoms with E-state index in [1.807, 2.05) is 0 Å². The molecule has 0 saturated heterocycles. The van der Waals surface area contributed by atoms with Gasteiger partial charge in [0.2, 0.25) is 0 Å². The third kappa shape index (κ3) is 5.00. The molecule has 1 heterocycles. The molecule has 1 N–H and O–H groups in total. The Hall–Kier alpha value is -2.97. The van der Waals surface area contributed by atoms with Crippen molar-refractivity contribution in [1.29, 1.82) is 0 Å². The van der Waals surface area contributed by atoms with E-state index in [0.717, 1.165) is 26.4 Å². The maximum Gasteiger partial charge on any atom is 0.356 e. The molecule has 136 valence electrons. The van der Waals surface area contributed by atoms with Crippen molar-refractivity contribution in [2.75, 3.05) is 21.3 Å². The van der Waals surface area contributed by atoms with Gasteiger partial charge in [0, 0.05) is 5.56 Å². The summed E-state index contributed by atoms with van der Waals surface area (Å²) in [5.74, 6) is -3.18. The number of methoxy groups -OCH3 is 3. The summed E-state index contributed by atoms with van der Waals surface area (Å²) in [7, 11) is 3.49. The Balaban J connectivity index is 3.25. The molecule has 1 amide bonds. The Labute approximate surface area is 144 Å². The third-order valence-electron chi connectivity index (χ3n) is 3.28. The molecular formula is C16H20N2O7. The fraction of sp³-hybridized carbons (Fsp3) is 0.438. The number of carbonyl (C=O) groups is 4. The van der Waals surface area contributed by atoms with Crippen LogP contribution in [0.25, 0.3) is 0 Å². The number of hydrogen-bond acceptors (Lipinski definition) is 8. The Morgan fingerprint density at radius 3 is 1.76 bits per heavy atom. The second kappa shape index (κ2) is 8.76. The van der Waals surface area contributed by atoms with Gasteiger partial charge in [0.25, 0.3) is 5.91 Å². The second-order valence-corrected chi connectivity index (χ2v) is 5.33. The first-order valence-electron chi connectivity index (χ1n) is 7.32. The molecule has 1 atom stereocenters. The van der Waals surface area contributed by atoms with Crippen molar-refractivity contribution in [2.24, 2.45) is 5.92 Å². The van der Waals surface area contributed by atoms with Crippen LogP contribution in [0.3, 0.4) is 0 Å². The number of pyridine rings is 1. The number of nitrogens with one attached hydrogen (secondary N) is 1. The molecule has 1 unspecified atom stereocenters. The monoisotopic (exact) mass is 352 g/mol. The van der Waals surface area contributed by atoms with Crippen molar-refractivity contribution in [1.82, 2.24) is 10.3 Å². The Bertz CT molecular complexity index is 651. The molecule has 0 aliphatic rings. The highest BCUT2D eigenvalue weighted by Crippen LogP contribution is 2.11. The Morgan fingerprint density at radius 2 is 1.40 bits per heavy atom. The molecule has 0 aliphatic carbocycles. The van der Waals surface area contributed by atoms with Crippen LogP contribution in [0.5, 0.6) is 0 Å². The van der Waals surface area contributed by atoms with E-state index in [-0.39, 0.29) is 22.9 Å². The van der Waals surface area contributed by atoms with Gasteiger partial charge < -0.3 is 19.5 Å². The highest BCUT2D eigenvalue weighted by molar-refractivity contribution is 6.01. The lowest BCUT2D eigenvalue weighted by Crippen LogP contribution is -2.45. The van der Waals surface area contributed by atoms with Crippen LogP contribution in [0.4, 0.5) is 0 Å². The highest BCUT2D eigenvalue weighted by Gasteiger charge is 2.26. The lowest BCUT2D eigenvalue weighted by Gasteiger charge is -2.20. The molecule has 0 spiro atoms. The average molecular weight is 352 g/mol. The van der Waals surface area contributed by atoms with E-state index in [0.29, 0.717) is 0 Å². The van der Waals surface area contributed by atoms with Crippen LogP contribution in [0, 0.1) is 5.92 Å². The van der Waals surface area contributed by atoms with E-state index in [9.17, 15) is 19.2 Å². The lowest BCUT2D eigenvalue weighted by molar-refractivity contribution is -0.144. The quantitative estimate of drug-likeness (QED) is 0.583. The van der Waals surface area contributed by atoms with Crippen LogP contribution in [-0.4, -0.2) is 56.2 Å². The maximum atomic E-state index is 12.5. The molecule has 0 saturated carbocycles. The lowest BCUT2D eigenvalue weighted by atomic mass is 10.0. The molecule has 0 bridgehead atoms. The molecule has 0 aliphatic heterocycles. The van der Waals surface area contributed by atoms with E-state index in [2.05, 4.69) is 24.5 Å². The van der Waals surface area contributed by atoms with E-state index in [1.165, 1.54) is 7.11 Å². The van der Waals surface area contributed by atoms with Gasteiger partial charge in [0.05, 0.1) is 21.3 Å². The summed E-state index contributed by atoms with van der Waals surface area (Å²) >= 11 is 0. The molecule has 9 nitrogen and oxygen atoms in total. The van der Waals surface area contributed by atoms with E-state index in [1.54, 1.807) is 13.8 Å². The van der Waals surface area contributed by atoms with Gasteiger partial charge in [-0.3, -0.25) is 4.79 Å². The smallest absolute Gasteiger partial charge is 0.356 e. The molecule has 0 aromatic carbocycles. The van der Waals surface area contributed by atoms with Crippen molar-refractivity contribution in [3.05, 3.63) is 29.1 Å². The number of hydrogen-bond donors (Lipinski definition) is 1. The number of aromatic nitrogens is 1. The van der Waals surface area contributed by atoms with Crippen LogP contribution in [0.15, 0.2) is 12.1 Å². The molecule has 1 aromatic heterocycles. The topological polar surface area (TPSA) is 121 Å². The van der Waals surface area contributed by atoms with Gasteiger partial charge in [0.15, 0.2) is 0 Å². The standard InChI is InChI=1S/C16H20N2O7/c1-8(2)12(16(22)25-5)18-13(19)9-6-10(14(20)23-3)17-11(7-9)15(21)24-4/h6-8,12H,1-5H3,(H,18,19). The van der Waals surface area contributed by atoms with Crippen molar-refractivity contribution in [3.63, 3.8) is 0 Å². The van der Waals surface area contributed by atoms with Gasteiger partial charge in [-0.2, -0.15) is 0 Å². The molecule has 1 rings (SSSR count). The van der Waals surface area contributed by atoms with Gasteiger partial charge in [-0.1, -0.05) is 13.8 Å². The van der Waals surface area contributed by atoms with Crippen molar-refractivity contribution >= 4 is 23.8 Å². The minimum absolute atomic E-state index is 0.0506. The summed E-state index contributed by atoms with van der Waals surface area (Å²) in [4.78, 5) is 51.4. The zero-order valence-corrected chi connectivity index (χ0v) is 14.6. The van der Waals surface area contributed by atoms with Gasteiger partial charge in [-0.25, -0.2) is 19.4 Å². The van der Waals surface area contributed by atoms with Crippen LogP contribution >= 0.6 is 0 Å². The Kier molecular flexibility index (Phi) is 7.04. The average Bonchev–Trinajstić information content (AvgIpc) is 2.62. The fourth-order valence-corrected chi connectivity index (χ4v) is 1.93. The van der Waals surface area contributed by atoms with E-state index in [4.69, 9.17) is 0 Å². The predicted molar refractivity (Wildman–Crippen MR) is 85.0 cm³/mol. The van der Waals surface area contributed by atoms with Crippen molar-refractivity contribution in [3.8, 4) is 0 Å². The zero-order valence-electron chi connectivity index (χ0n) is 14.6. The molecular weight excluding hydrogens is 332 g/mol. The second-order valence-electron chi connectivity index (χ2n) is 5.33. The van der Waals surface area contributed by atoms with Crippen LogP contribution < -0.4 is 5.32 Å². The first-order valence-corrected chi connectivity index (χ1v) is 7.32. The number of rotatable bonds is 6. The summed E-state index contributed by atoms with van der Waals surface area (Å²) < 4.78 is 13.8. The van der Waals surface area contributed by atoms with Gasteiger partial charge >= 0.3 is 17.9 Å². The molecule has 1 aromatic rings. The first-order chi connectivity index (χ1) is 11.7. The normalized spacial score (nSPS) is 11.4. The largest absolute Gasteiger partial charge is 0.467 e. The highest BCUT2D eigenvalue weighted by atomic mass is 16.5. The van der Waals surface area contributed by atoms with Crippen molar-refractivity contribution < 1.29 is 33.4 Å². The zero-order chi connectivity index (χ0) is 19.1. The van der Waals surface area contributed by atoms with Gasteiger partial charge in [0.1, 0.15) is 17.4 Å². The Morgan fingerprint density at radius 1 is 0.920 bits per heavy atom. The fourth-order valence-electron chi connectivity index (χ4n) is 1.93. The van der Waals surface area contributed by atoms with Crippen molar-refractivity contribution in [2.45, 2.75) is 19.9 Å². The van der Waals surface area contributed by atoms with Gasteiger partial charge in [-0.05, 0) is 18.1 Å². The minimum atomic E-state index is -0.895. The molecule has 0 fully saturated rings. The number of esters is 3. The van der Waals surface area contributed by atoms with Crippen LogP contribution in [0.2, 0.25) is 0 Å². The number of carbonyl (C=O) groups excluding carboxylic acids is 4. The van der Waals surface area contributed by atoms with Crippen LogP contribution in [0.1, 0.15) is 45.2 Å². The summed E-state index contributed by atoms with van der Waals surface area (Å²) in [5, 5.41) is 2.51. The summed E-state index contributed by atoms with van der Waals surface area (Å²) in [6, 6.07) is 1.42. The van der Waals surface area contributed by atoms with E-state index < -0.39 is 29.9 Å². The summed E-state index contributed by atoms with van der Waals surface area (Å²) in [6.07, 6.45) is 0. The maximum absolute atomic E-state index is 12.5. The van der Waals surface area contributed by atoms with E-state index >= 15 is 0 Å². The van der Waals surface area contributed by atoms with Gasteiger partial charge in [-0.15, -0.1) is 0 Å². The SMILES string of the molecule is COC(=O)c1cc(C(=O)NC(C(=O)OC)C(C)C)cc(C(=O)OC)n1. The minimum Gasteiger partial charge on any atom is -0.467 e. The number of amides is 1. The number of ether oxygens (including phenoxy) is 3. The first kappa shape index (κ1) is 20.1. The molecule has 0 radical (unpaired) electrons. The third-order valence-corrected chi connectivity index (χ3v) is 3.28. The molecule has 25 heavy (non-hydrogen) atoms.